The SMILES string of the molecule is Cc1cc(F)c(C(=O)CBr)c([N+](=O)[O-])c1. The number of nitrogens with zero attached hydrogens (tertiary/aromatic N) is 1. The van der Waals surface area contributed by atoms with Crippen LogP contribution in [0.3, 0.4) is 0 Å². The molecule has 0 fully saturated rings. The van der Waals surface area contributed by atoms with Crippen LogP contribution in [0.15, 0.2) is 12.1 Å². The number of carbonyl (C=O) groups is 1. The van der Waals surface area contributed by atoms with E-state index in [0.717, 1.165) is 6.07 Å². The van der Waals surface area contributed by atoms with Crippen LogP contribution in [0.1, 0.15) is 15.9 Å². The zero-order valence-electron chi connectivity index (χ0n) is 7.79. The molecule has 0 spiro atoms. The van der Waals surface area contributed by atoms with E-state index in [1.807, 2.05) is 0 Å². The quantitative estimate of drug-likeness (QED) is 0.369. The zero-order chi connectivity index (χ0) is 11.6. The molecular formula is C9H7BrFNO3. The summed E-state index contributed by atoms with van der Waals surface area (Å²) in [5.41, 5.74) is -0.551. The number of aryl methyl sites for hydroxylation is 1. The van der Waals surface area contributed by atoms with Gasteiger partial charge < -0.3 is 0 Å². The molecule has 0 radical (unpaired) electrons. The lowest BCUT2D eigenvalue weighted by atomic mass is 10.1. The third-order valence-electron chi connectivity index (χ3n) is 1.81. The highest BCUT2D eigenvalue weighted by Gasteiger charge is 2.24. The summed E-state index contributed by atoms with van der Waals surface area (Å²) in [6, 6.07) is 2.28. The van der Waals surface area contributed by atoms with E-state index in [-0.39, 0.29) is 5.33 Å². The second kappa shape index (κ2) is 4.48. The standard InChI is InChI=1S/C9H7BrFNO3/c1-5-2-6(11)9(8(13)4-10)7(3-5)12(14)15/h2-3H,4H2,1H3. The van der Waals surface area contributed by atoms with Gasteiger partial charge >= 0.3 is 0 Å². The van der Waals surface area contributed by atoms with Crippen LogP contribution >= 0.6 is 15.9 Å². The molecule has 0 heterocycles. The molecule has 0 saturated heterocycles. The Kier molecular flexibility index (Phi) is 3.52. The molecule has 1 rings (SSSR count). The van der Waals surface area contributed by atoms with Crippen molar-refractivity contribution in [2.75, 3.05) is 5.33 Å². The summed E-state index contributed by atoms with van der Waals surface area (Å²) in [6.07, 6.45) is 0. The molecule has 0 aliphatic heterocycles. The van der Waals surface area contributed by atoms with Gasteiger partial charge in [0.25, 0.3) is 5.69 Å². The highest BCUT2D eigenvalue weighted by Crippen LogP contribution is 2.24. The van der Waals surface area contributed by atoms with Crippen molar-refractivity contribution in [1.82, 2.24) is 0 Å². The maximum absolute atomic E-state index is 13.4. The minimum Gasteiger partial charge on any atom is -0.293 e. The Hall–Kier alpha value is -1.30. The van der Waals surface area contributed by atoms with Gasteiger partial charge in [-0.15, -0.1) is 0 Å². The van der Waals surface area contributed by atoms with Gasteiger partial charge in [-0.25, -0.2) is 4.39 Å². The Bertz CT molecular complexity index is 434. The molecule has 80 valence electrons. The fourth-order valence-electron chi connectivity index (χ4n) is 1.21. The molecular weight excluding hydrogens is 269 g/mol. The van der Waals surface area contributed by atoms with Crippen LogP contribution in [-0.2, 0) is 0 Å². The predicted molar refractivity (Wildman–Crippen MR) is 55.9 cm³/mol. The summed E-state index contributed by atoms with van der Waals surface area (Å²) in [7, 11) is 0. The average molecular weight is 276 g/mol. The van der Waals surface area contributed by atoms with Crippen LogP contribution in [-0.4, -0.2) is 16.0 Å². The van der Waals surface area contributed by atoms with Crippen molar-refractivity contribution in [2.45, 2.75) is 6.92 Å². The summed E-state index contributed by atoms with van der Waals surface area (Å²) in [6.45, 7) is 1.53. The first-order valence-electron chi connectivity index (χ1n) is 4.01. The second-order valence-corrected chi connectivity index (χ2v) is 3.52. The molecule has 0 aliphatic carbocycles. The zero-order valence-corrected chi connectivity index (χ0v) is 9.38. The van der Waals surface area contributed by atoms with Gasteiger partial charge in [-0.05, 0) is 18.6 Å². The molecule has 0 bridgehead atoms. The summed E-state index contributed by atoms with van der Waals surface area (Å²) in [5.74, 6) is -1.50. The largest absolute Gasteiger partial charge is 0.293 e. The topological polar surface area (TPSA) is 60.2 Å². The molecule has 0 atom stereocenters. The Labute approximate surface area is 93.4 Å². The number of benzene rings is 1. The molecule has 15 heavy (non-hydrogen) atoms. The van der Waals surface area contributed by atoms with Crippen LogP contribution in [0.4, 0.5) is 10.1 Å². The van der Waals surface area contributed by atoms with Crippen LogP contribution in [0, 0.1) is 22.9 Å². The summed E-state index contributed by atoms with van der Waals surface area (Å²) >= 11 is 2.85. The smallest absolute Gasteiger partial charge is 0.283 e. The third kappa shape index (κ3) is 2.38. The third-order valence-corrected chi connectivity index (χ3v) is 2.32. The first-order chi connectivity index (χ1) is 6.97. The molecule has 6 heteroatoms. The van der Waals surface area contributed by atoms with E-state index in [2.05, 4.69) is 15.9 Å². The van der Waals surface area contributed by atoms with Gasteiger partial charge in [0.2, 0.25) is 0 Å². The van der Waals surface area contributed by atoms with Crippen molar-refractivity contribution in [1.29, 1.82) is 0 Å². The first-order valence-corrected chi connectivity index (χ1v) is 5.13. The molecule has 0 saturated carbocycles. The molecule has 0 aliphatic rings. The van der Waals surface area contributed by atoms with E-state index >= 15 is 0 Å². The highest BCUT2D eigenvalue weighted by molar-refractivity contribution is 9.09. The van der Waals surface area contributed by atoms with Gasteiger partial charge in [-0.1, -0.05) is 15.9 Å². The fraction of sp³-hybridized carbons (Fsp3) is 0.222. The van der Waals surface area contributed by atoms with Gasteiger partial charge in [0.05, 0.1) is 10.3 Å². The number of ketones is 1. The van der Waals surface area contributed by atoms with E-state index in [0.29, 0.717) is 5.56 Å². The number of nitro benzene ring substituents is 1. The summed E-state index contributed by atoms with van der Waals surface area (Å²) in [5, 5.41) is 10.5. The molecule has 1 aromatic rings. The Morgan fingerprint density at radius 1 is 1.60 bits per heavy atom. The maximum atomic E-state index is 13.4. The van der Waals surface area contributed by atoms with Gasteiger partial charge in [-0.2, -0.15) is 0 Å². The lowest BCUT2D eigenvalue weighted by molar-refractivity contribution is -0.385. The predicted octanol–water partition coefficient (Wildman–Crippen LogP) is 2.62. The van der Waals surface area contributed by atoms with Gasteiger partial charge in [-0.3, -0.25) is 14.9 Å². The molecule has 1 aromatic carbocycles. The van der Waals surface area contributed by atoms with Crippen molar-refractivity contribution in [3.05, 3.63) is 39.2 Å². The molecule has 0 N–H and O–H groups in total. The number of rotatable bonds is 3. The minimum atomic E-state index is -0.855. The number of nitro groups is 1. The minimum absolute atomic E-state index is 0.145. The molecule has 0 aromatic heterocycles. The number of carbonyl (C=O) groups excluding carboxylic acids is 1. The number of halogens is 2. The number of hydrogen-bond acceptors (Lipinski definition) is 3. The summed E-state index contributed by atoms with van der Waals surface area (Å²) in [4.78, 5) is 21.1. The summed E-state index contributed by atoms with van der Waals surface area (Å²) < 4.78 is 13.4. The maximum Gasteiger partial charge on any atom is 0.283 e. The number of Topliss-reactive ketones (excluding diaryl/α,β-unsaturated/α-hetero) is 1. The van der Waals surface area contributed by atoms with E-state index in [9.17, 15) is 19.3 Å². The highest BCUT2D eigenvalue weighted by atomic mass is 79.9. The lowest BCUT2D eigenvalue weighted by Crippen LogP contribution is -2.08. The van der Waals surface area contributed by atoms with Gasteiger partial charge in [0, 0.05) is 6.07 Å². The van der Waals surface area contributed by atoms with Crippen LogP contribution in [0.25, 0.3) is 0 Å². The normalized spacial score (nSPS) is 10.1. The number of hydrogen-bond donors (Lipinski definition) is 0. The Morgan fingerprint density at radius 2 is 2.20 bits per heavy atom. The van der Waals surface area contributed by atoms with Crippen molar-refractivity contribution in [3.63, 3.8) is 0 Å². The monoisotopic (exact) mass is 275 g/mol. The second-order valence-electron chi connectivity index (χ2n) is 2.95. The molecule has 0 unspecified atom stereocenters. The fourth-order valence-corrected chi connectivity index (χ4v) is 1.49. The van der Waals surface area contributed by atoms with Crippen LogP contribution < -0.4 is 0 Å². The first kappa shape index (κ1) is 11.8. The van der Waals surface area contributed by atoms with Crippen molar-refractivity contribution in [2.24, 2.45) is 0 Å². The average Bonchev–Trinajstić information content (AvgIpc) is 2.15. The number of alkyl halides is 1. The van der Waals surface area contributed by atoms with Crippen molar-refractivity contribution >= 4 is 27.4 Å². The van der Waals surface area contributed by atoms with Gasteiger partial charge in [0.15, 0.2) is 5.78 Å². The van der Waals surface area contributed by atoms with Gasteiger partial charge in [0.1, 0.15) is 11.4 Å². The van der Waals surface area contributed by atoms with E-state index < -0.39 is 27.8 Å². The molecule has 4 nitrogen and oxygen atoms in total. The Balaban J connectivity index is 3.46. The van der Waals surface area contributed by atoms with E-state index in [1.165, 1.54) is 13.0 Å². The Morgan fingerprint density at radius 3 is 2.67 bits per heavy atom. The van der Waals surface area contributed by atoms with Crippen LogP contribution in [0.2, 0.25) is 0 Å². The van der Waals surface area contributed by atoms with E-state index in [1.54, 1.807) is 0 Å². The van der Waals surface area contributed by atoms with Crippen LogP contribution in [0.5, 0.6) is 0 Å². The molecule has 0 amide bonds. The van der Waals surface area contributed by atoms with Crippen molar-refractivity contribution in [3.8, 4) is 0 Å². The van der Waals surface area contributed by atoms with E-state index in [4.69, 9.17) is 0 Å². The van der Waals surface area contributed by atoms with Crippen molar-refractivity contribution < 1.29 is 14.1 Å². The lowest BCUT2D eigenvalue weighted by Gasteiger charge is -2.02.